The molecule has 0 saturated carbocycles. The van der Waals surface area contributed by atoms with Gasteiger partial charge in [0, 0.05) is 57.9 Å². The molecule has 3 heterocycles. The highest BCUT2D eigenvalue weighted by Gasteiger charge is 2.25. The summed E-state index contributed by atoms with van der Waals surface area (Å²) in [7, 11) is 5.96. The van der Waals surface area contributed by atoms with E-state index in [1.165, 1.54) is 4.88 Å². The van der Waals surface area contributed by atoms with Crippen molar-refractivity contribution in [1.82, 2.24) is 20.1 Å². The minimum atomic E-state index is -0.0718. The van der Waals surface area contributed by atoms with E-state index in [9.17, 15) is 4.79 Å². The van der Waals surface area contributed by atoms with Crippen molar-refractivity contribution in [3.8, 4) is 0 Å². The van der Waals surface area contributed by atoms with Crippen LogP contribution in [0, 0.1) is 0 Å². The molecule has 1 amide bonds. The van der Waals surface area contributed by atoms with Gasteiger partial charge in [-0.3, -0.25) is 9.69 Å². The van der Waals surface area contributed by atoms with Crippen molar-refractivity contribution in [1.29, 1.82) is 0 Å². The van der Waals surface area contributed by atoms with Gasteiger partial charge in [0.05, 0.1) is 11.6 Å². The number of carbonyl (C=O) groups is 1. The number of nitrogens with zero attached hydrogens (tertiary/aromatic N) is 4. The van der Waals surface area contributed by atoms with E-state index in [1.807, 2.05) is 25.1 Å². The van der Waals surface area contributed by atoms with Gasteiger partial charge in [0.15, 0.2) is 0 Å². The number of hydrogen-bond donors (Lipinski definition) is 1. The molecule has 140 valence electrons. The lowest BCUT2D eigenvalue weighted by atomic mass is 10.1. The van der Waals surface area contributed by atoms with Crippen LogP contribution in [0.5, 0.6) is 0 Å². The molecule has 0 radical (unpaired) electrons. The molecular weight excluding hydrogens is 346 g/mol. The van der Waals surface area contributed by atoms with E-state index in [-0.39, 0.29) is 11.9 Å². The third-order valence-electron chi connectivity index (χ3n) is 4.76. The van der Waals surface area contributed by atoms with E-state index in [4.69, 9.17) is 0 Å². The molecule has 0 aliphatic carbocycles. The maximum Gasteiger partial charge on any atom is 0.255 e. The quantitative estimate of drug-likeness (QED) is 0.839. The lowest BCUT2D eigenvalue weighted by Crippen LogP contribution is -2.48. The van der Waals surface area contributed by atoms with E-state index in [2.05, 4.69) is 44.7 Å². The summed E-state index contributed by atoms with van der Waals surface area (Å²) in [6.45, 7) is 4.76. The zero-order valence-electron chi connectivity index (χ0n) is 15.7. The van der Waals surface area contributed by atoms with Crippen LogP contribution in [0.1, 0.15) is 21.3 Å². The number of hydrogen-bond acceptors (Lipinski definition) is 6. The third kappa shape index (κ3) is 4.41. The van der Waals surface area contributed by atoms with Gasteiger partial charge >= 0.3 is 0 Å². The summed E-state index contributed by atoms with van der Waals surface area (Å²) in [5.74, 6) is 0.620. The van der Waals surface area contributed by atoms with Gasteiger partial charge in [-0.05, 0) is 30.6 Å². The predicted molar refractivity (Wildman–Crippen MR) is 107 cm³/mol. The van der Waals surface area contributed by atoms with Crippen LogP contribution in [-0.4, -0.2) is 74.6 Å². The summed E-state index contributed by atoms with van der Waals surface area (Å²) < 4.78 is 0. The number of thiophene rings is 1. The number of amides is 1. The highest BCUT2D eigenvalue weighted by atomic mass is 32.1. The zero-order valence-corrected chi connectivity index (χ0v) is 16.5. The topological polar surface area (TPSA) is 51.7 Å². The van der Waals surface area contributed by atoms with Crippen LogP contribution in [0.15, 0.2) is 35.8 Å². The monoisotopic (exact) mass is 373 g/mol. The van der Waals surface area contributed by atoms with Crippen molar-refractivity contribution in [2.24, 2.45) is 0 Å². The summed E-state index contributed by atoms with van der Waals surface area (Å²) in [6, 6.07) is 8.09. The van der Waals surface area contributed by atoms with E-state index in [0.29, 0.717) is 17.9 Å². The van der Waals surface area contributed by atoms with Crippen LogP contribution in [0.25, 0.3) is 0 Å². The fraction of sp³-hybridized carbons (Fsp3) is 0.474. The fourth-order valence-corrected chi connectivity index (χ4v) is 4.10. The van der Waals surface area contributed by atoms with Crippen LogP contribution in [0.2, 0.25) is 0 Å². The number of likely N-dealkylation sites (N-methyl/N-ethyl adjacent to an activating group) is 1. The molecule has 2 aromatic heterocycles. The Kier molecular flexibility index (Phi) is 6.24. The van der Waals surface area contributed by atoms with Gasteiger partial charge in [0.25, 0.3) is 5.91 Å². The van der Waals surface area contributed by atoms with Gasteiger partial charge in [-0.15, -0.1) is 11.3 Å². The molecule has 7 heteroatoms. The third-order valence-corrected chi connectivity index (χ3v) is 5.73. The molecule has 1 aliphatic heterocycles. The van der Waals surface area contributed by atoms with Crippen LogP contribution >= 0.6 is 11.3 Å². The smallest absolute Gasteiger partial charge is 0.255 e. The minimum Gasteiger partial charge on any atom is -0.362 e. The number of carbonyl (C=O) groups excluding carboxylic acids is 1. The Balaban J connectivity index is 1.71. The van der Waals surface area contributed by atoms with Gasteiger partial charge in [-0.25, -0.2) is 4.98 Å². The van der Waals surface area contributed by atoms with Crippen LogP contribution in [0.3, 0.4) is 0 Å². The second-order valence-corrected chi connectivity index (χ2v) is 7.83. The first-order valence-corrected chi connectivity index (χ1v) is 9.80. The van der Waals surface area contributed by atoms with Crippen LogP contribution in [0.4, 0.5) is 5.82 Å². The van der Waals surface area contributed by atoms with E-state index in [0.717, 1.165) is 26.2 Å². The van der Waals surface area contributed by atoms with Gasteiger partial charge in [-0.1, -0.05) is 6.07 Å². The van der Waals surface area contributed by atoms with Crippen molar-refractivity contribution in [3.63, 3.8) is 0 Å². The zero-order chi connectivity index (χ0) is 18.5. The Morgan fingerprint density at radius 3 is 2.69 bits per heavy atom. The van der Waals surface area contributed by atoms with Crippen molar-refractivity contribution >= 4 is 23.1 Å². The normalized spacial score (nSPS) is 17.0. The first kappa shape index (κ1) is 18.8. The summed E-state index contributed by atoms with van der Waals surface area (Å²) in [5.41, 5.74) is 0.612. The molecule has 3 rings (SSSR count). The predicted octanol–water partition coefficient (Wildman–Crippen LogP) is 1.93. The molecule has 0 aromatic carbocycles. The number of pyridine rings is 1. The largest absolute Gasteiger partial charge is 0.362 e. The summed E-state index contributed by atoms with van der Waals surface area (Å²) >= 11 is 1.75. The van der Waals surface area contributed by atoms with E-state index >= 15 is 0 Å². The average molecular weight is 374 g/mol. The van der Waals surface area contributed by atoms with Crippen molar-refractivity contribution in [2.75, 3.05) is 58.8 Å². The molecule has 1 saturated heterocycles. The Hall–Kier alpha value is -1.96. The lowest BCUT2D eigenvalue weighted by Gasteiger charge is -2.37. The molecule has 1 N–H and O–H groups in total. The maximum absolute atomic E-state index is 12.8. The summed E-state index contributed by atoms with van der Waals surface area (Å²) in [5, 5.41) is 5.24. The van der Waals surface area contributed by atoms with Crippen LogP contribution in [-0.2, 0) is 0 Å². The van der Waals surface area contributed by atoms with E-state index < -0.39 is 0 Å². The molecule has 26 heavy (non-hydrogen) atoms. The second-order valence-electron chi connectivity index (χ2n) is 6.85. The van der Waals surface area contributed by atoms with Crippen LogP contribution < -0.4 is 10.2 Å². The molecule has 0 bridgehead atoms. The Bertz CT molecular complexity index is 710. The van der Waals surface area contributed by atoms with Gasteiger partial charge in [-0.2, -0.15) is 0 Å². The second kappa shape index (κ2) is 8.62. The first-order chi connectivity index (χ1) is 12.6. The Labute approximate surface area is 159 Å². The minimum absolute atomic E-state index is 0.0718. The Morgan fingerprint density at radius 2 is 2.04 bits per heavy atom. The van der Waals surface area contributed by atoms with Crippen molar-refractivity contribution in [2.45, 2.75) is 6.04 Å². The fourth-order valence-electron chi connectivity index (χ4n) is 3.24. The molecule has 6 nitrogen and oxygen atoms in total. The Morgan fingerprint density at radius 1 is 1.27 bits per heavy atom. The molecule has 1 atom stereocenters. The van der Waals surface area contributed by atoms with Gasteiger partial charge in [0.1, 0.15) is 5.82 Å². The van der Waals surface area contributed by atoms with Gasteiger partial charge in [0.2, 0.25) is 0 Å². The highest BCUT2D eigenvalue weighted by molar-refractivity contribution is 7.10. The average Bonchev–Trinajstić information content (AvgIpc) is 3.17. The maximum atomic E-state index is 12.8. The summed E-state index contributed by atoms with van der Waals surface area (Å²) in [6.07, 6.45) is 1.71. The molecular formula is C19H27N5OS. The van der Waals surface area contributed by atoms with E-state index in [1.54, 1.807) is 23.6 Å². The van der Waals surface area contributed by atoms with Crippen molar-refractivity contribution < 1.29 is 4.79 Å². The first-order valence-electron chi connectivity index (χ1n) is 8.93. The number of rotatable bonds is 6. The number of piperazine rings is 1. The SMILES string of the molecule is CN1CCN(C(CNC(=O)c2cccnc2N(C)C)c2cccs2)CC1. The van der Waals surface area contributed by atoms with Gasteiger partial charge < -0.3 is 15.1 Å². The standard InChI is InChI=1S/C19H27N5OS/c1-22(2)18-15(6-4-8-20-18)19(25)21-14-16(17-7-5-13-26-17)24-11-9-23(3)10-12-24/h4-8,13,16H,9-12,14H2,1-3H3,(H,21,25). The number of nitrogens with one attached hydrogen (secondary N) is 1. The molecule has 2 aromatic rings. The number of aromatic nitrogens is 1. The summed E-state index contributed by atoms with van der Waals surface area (Å²) in [4.78, 5) is 25.1. The molecule has 1 aliphatic rings. The molecule has 0 spiro atoms. The number of anilines is 1. The lowest BCUT2D eigenvalue weighted by molar-refractivity contribution is 0.0890. The van der Waals surface area contributed by atoms with Crippen molar-refractivity contribution in [3.05, 3.63) is 46.3 Å². The highest BCUT2D eigenvalue weighted by Crippen LogP contribution is 2.26. The molecule has 1 unspecified atom stereocenters. The molecule has 1 fully saturated rings.